The first-order valence-corrected chi connectivity index (χ1v) is 12.5. The minimum atomic E-state index is 0. The predicted octanol–water partition coefficient (Wildman–Crippen LogP) is 1.39. The molecule has 0 saturated carbocycles. The van der Waals surface area contributed by atoms with Crippen LogP contribution in [0.1, 0.15) is 31.2 Å². The molecular weight excluding hydrogens is 418 g/mol. The molecule has 5 rings (SSSR count). The molecule has 0 radical (unpaired) electrons. The van der Waals surface area contributed by atoms with E-state index in [1.165, 1.54) is 57.4 Å². The third-order valence-electron chi connectivity index (χ3n) is 7.24. The van der Waals surface area contributed by atoms with Gasteiger partial charge < -0.3 is 26.4 Å². The van der Waals surface area contributed by atoms with Crippen molar-refractivity contribution in [1.82, 2.24) is 26.2 Å². The lowest BCUT2D eigenvalue weighted by molar-refractivity contribution is 0.000231. The van der Waals surface area contributed by atoms with Gasteiger partial charge in [-0.05, 0) is 57.4 Å². The number of hydrogen-bond donors (Lipinski definition) is 2. The van der Waals surface area contributed by atoms with Crippen molar-refractivity contribution in [3.8, 4) is 0 Å². The first-order valence-electron chi connectivity index (χ1n) is 12.5. The summed E-state index contributed by atoms with van der Waals surface area (Å²) in [6, 6.07) is 12.4. The zero-order valence-corrected chi connectivity index (χ0v) is 20.4. The van der Waals surface area contributed by atoms with Crippen molar-refractivity contribution in [3.63, 3.8) is 0 Å². The van der Waals surface area contributed by atoms with Gasteiger partial charge in [-0.3, -0.25) is 14.7 Å². The van der Waals surface area contributed by atoms with E-state index in [1.807, 2.05) is 0 Å². The summed E-state index contributed by atoms with van der Waals surface area (Å²) in [5, 5.41) is 3.40. The highest BCUT2D eigenvalue weighted by atomic mass is 16.5. The fraction of sp³-hybridized carbons (Fsp3) is 0.760. The highest BCUT2D eigenvalue weighted by molar-refractivity contribution is 5.14. The van der Waals surface area contributed by atoms with Gasteiger partial charge in [0.1, 0.15) is 0 Å². The zero-order chi connectivity index (χ0) is 21.1. The Morgan fingerprint density at radius 2 is 1.18 bits per heavy atom. The van der Waals surface area contributed by atoms with Gasteiger partial charge in [0.25, 0.3) is 0 Å². The van der Waals surface area contributed by atoms with Crippen molar-refractivity contribution < 1.29 is 14.9 Å². The van der Waals surface area contributed by atoms with E-state index in [2.05, 4.69) is 50.3 Å². The molecule has 190 valence electrons. The molecule has 6 N–H and O–H groups in total. The molecule has 0 atom stereocenters. The molecule has 0 amide bonds. The van der Waals surface area contributed by atoms with Gasteiger partial charge >= 0.3 is 0 Å². The van der Waals surface area contributed by atoms with Crippen molar-refractivity contribution >= 4 is 0 Å². The first kappa shape index (κ1) is 28.1. The second kappa shape index (κ2) is 15.7. The zero-order valence-electron chi connectivity index (χ0n) is 20.4. The number of nitrogens with zero attached hydrogens (tertiary/aromatic N) is 3. The number of ether oxygens (including phenoxy) is 2. The minimum absolute atomic E-state index is 0. The van der Waals surface area contributed by atoms with Gasteiger partial charge in [-0.1, -0.05) is 30.3 Å². The molecule has 0 spiro atoms. The van der Waals surface area contributed by atoms with E-state index in [-0.39, 0.29) is 11.6 Å². The van der Waals surface area contributed by atoms with Crippen LogP contribution in [0, 0.1) is 0 Å². The maximum absolute atomic E-state index is 5.44. The minimum Gasteiger partial charge on any atom is -0.412 e. The fourth-order valence-corrected chi connectivity index (χ4v) is 5.34. The highest BCUT2D eigenvalue weighted by Gasteiger charge is 2.25. The summed E-state index contributed by atoms with van der Waals surface area (Å²) in [5.41, 5.74) is 1.44. The van der Waals surface area contributed by atoms with Crippen LogP contribution in [0.5, 0.6) is 0 Å². The maximum Gasteiger partial charge on any atom is 0.0594 e. The molecule has 0 unspecified atom stereocenters. The second-order valence-corrected chi connectivity index (χ2v) is 9.27. The lowest BCUT2D eigenvalue weighted by Crippen LogP contribution is -2.48. The van der Waals surface area contributed by atoms with E-state index in [0.717, 1.165) is 71.2 Å². The van der Waals surface area contributed by atoms with Crippen LogP contribution in [0.15, 0.2) is 30.3 Å². The fourth-order valence-electron chi connectivity index (χ4n) is 5.34. The number of benzene rings is 1. The van der Waals surface area contributed by atoms with Gasteiger partial charge in [0.05, 0.1) is 26.4 Å². The van der Waals surface area contributed by atoms with Crippen molar-refractivity contribution in [1.29, 1.82) is 0 Å². The van der Waals surface area contributed by atoms with Gasteiger partial charge in [0, 0.05) is 44.8 Å². The Morgan fingerprint density at radius 1 is 0.697 bits per heavy atom. The molecule has 0 bridgehead atoms. The second-order valence-electron chi connectivity index (χ2n) is 9.27. The molecule has 8 heteroatoms. The molecule has 33 heavy (non-hydrogen) atoms. The number of nitrogens with one attached hydrogen (secondary N) is 1. The number of piperidine rings is 2. The van der Waals surface area contributed by atoms with Gasteiger partial charge in [0.15, 0.2) is 0 Å². The maximum atomic E-state index is 5.44. The van der Waals surface area contributed by atoms with Crippen LogP contribution < -0.4 is 11.5 Å². The van der Waals surface area contributed by atoms with Gasteiger partial charge in [-0.25, -0.2) is 0 Å². The van der Waals surface area contributed by atoms with E-state index in [4.69, 9.17) is 9.47 Å². The Kier molecular flexibility index (Phi) is 13.4. The Bertz CT molecular complexity index is 581. The van der Waals surface area contributed by atoms with E-state index >= 15 is 0 Å². The van der Waals surface area contributed by atoms with Crippen LogP contribution >= 0.6 is 0 Å². The van der Waals surface area contributed by atoms with Gasteiger partial charge in [-0.15, -0.1) is 0 Å². The Hall–Kier alpha value is -1.10. The average molecular weight is 466 g/mol. The predicted molar refractivity (Wildman–Crippen MR) is 134 cm³/mol. The molecule has 1 aromatic carbocycles. The topological polar surface area (TPSA) is 107 Å². The smallest absolute Gasteiger partial charge is 0.0594 e. The van der Waals surface area contributed by atoms with Crippen LogP contribution in [0.4, 0.5) is 0 Å². The molecule has 8 nitrogen and oxygen atoms in total. The Morgan fingerprint density at radius 3 is 1.70 bits per heavy atom. The van der Waals surface area contributed by atoms with Crippen LogP contribution in [-0.2, 0) is 16.0 Å². The molecular formula is C25H47N5O3. The summed E-state index contributed by atoms with van der Waals surface area (Å²) in [6.45, 7) is 14.2. The molecule has 4 fully saturated rings. The third kappa shape index (κ3) is 9.22. The first-order chi connectivity index (χ1) is 15.4. The van der Waals surface area contributed by atoms with E-state index in [1.54, 1.807) is 0 Å². The van der Waals surface area contributed by atoms with Crippen LogP contribution in [0.3, 0.4) is 0 Å². The average Bonchev–Trinajstić information content (AvgIpc) is 2.87. The molecule has 4 aliphatic rings. The summed E-state index contributed by atoms with van der Waals surface area (Å²) < 4.78 is 10.8. The van der Waals surface area contributed by atoms with Crippen LogP contribution in [0.25, 0.3) is 0 Å². The molecule has 4 heterocycles. The summed E-state index contributed by atoms with van der Waals surface area (Å²) in [6.07, 6.45) is 5.26. The van der Waals surface area contributed by atoms with E-state index in [9.17, 15) is 0 Å². The van der Waals surface area contributed by atoms with Gasteiger partial charge in [-0.2, -0.15) is 0 Å². The summed E-state index contributed by atoms with van der Waals surface area (Å²) in [4.78, 5) is 7.81. The quantitative estimate of drug-likeness (QED) is 0.692. The SMILES string of the molecule is C1CC(N2CCOCC2)CCN1.N.O.c1ccc(CN2CCC(N3CCOCC3)CC2)cc1. The molecule has 4 saturated heterocycles. The van der Waals surface area contributed by atoms with Crippen molar-refractivity contribution in [2.75, 3.05) is 78.8 Å². The number of rotatable bonds is 4. The van der Waals surface area contributed by atoms with Crippen LogP contribution in [-0.4, -0.2) is 111 Å². The van der Waals surface area contributed by atoms with Crippen molar-refractivity contribution in [3.05, 3.63) is 35.9 Å². The molecule has 1 aromatic rings. The Labute approximate surface area is 200 Å². The standard InChI is InChI=1S/C16H24N2O.C9H18N2O.H3N.H2O/c1-2-4-15(5-3-1)14-17-8-6-16(7-9-17)18-10-12-19-13-11-18;1-3-10-4-2-9(1)11-5-7-12-8-6-11;;/h1-5,16H,6-14H2;9-10H,1-8H2;1H3;1H2. The summed E-state index contributed by atoms with van der Waals surface area (Å²) in [7, 11) is 0. The lowest BCUT2D eigenvalue weighted by atomic mass is 10.0. The summed E-state index contributed by atoms with van der Waals surface area (Å²) in [5.74, 6) is 0. The number of morpholine rings is 2. The monoisotopic (exact) mass is 465 g/mol. The third-order valence-corrected chi connectivity index (χ3v) is 7.24. The molecule has 0 aliphatic carbocycles. The van der Waals surface area contributed by atoms with Crippen LogP contribution in [0.2, 0.25) is 0 Å². The Balaban J connectivity index is 0.000000240. The number of hydrogen-bond acceptors (Lipinski definition) is 7. The normalized spacial score (nSPS) is 24.1. The number of likely N-dealkylation sites (tertiary alicyclic amines) is 1. The molecule has 0 aromatic heterocycles. The van der Waals surface area contributed by atoms with Crippen molar-refractivity contribution in [2.24, 2.45) is 0 Å². The van der Waals surface area contributed by atoms with Gasteiger partial charge in [0.2, 0.25) is 0 Å². The van der Waals surface area contributed by atoms with E-state index < -0.39 is 0 Å². The summed E-state index contributed by atoms with van der Waals surface area (Å²) >= 11 is 0. The van der Waals surface area contributed by atoms with Crippen molar-refractivity contribution in [2.45, 2.75) is 44.3 Å². The van der Waals surface area contributed by atoms with E-state index in [0.29, 0.717) is 0 Å². The molecule has 4 aliphatic heterocycles. The lowest BCUT2D eigenvalue weighted by Gasteiger charge is -2.40. The highest BCUT2D eigenvalue weighted by Crippen LogP contribution is 2.19. The largest absolute Gasteiger partial charge is 0.412 e.